The van der Waals surface area contributed by atoms with Gasteiger partial charge < -0.3 is 26.2 Å². The number of nitro benzene ring substituents is 2. The number of azo groups is 2. The minimum absolute atomic E-state index is 0. The van der Waals surface area contributed by atoms with Gasteiger partial charge in [-0.1, -0.05) is 41.4 Å². The van der Waals surface area contributed by atoms with Gasteiger partial charge in [0.25, 0.3) is 21.5 Å². The zero-order valence-corrected chi connectivity index (χ0v) is 32.7. The molecule has 0 fully saturated rings. The Morgan fingerprint density at radius 1 is 0.633 bits per heavy atom. The Hall–Kier alpha value is -7.01. The average Bonchev–Trinajstić information content (AvgIpc) is 3.20. The van der Waals surface area contributed by atoms with Gasteiger partial charge in [-0.2, -0.15) is 8.42 Å². The molecule has 21 nitrogen and oxygen atoms in total. The van der Waals surface area contributed by atoms with Gasteiger partial charge >= 0.3 is 0 Å². The van der Waals surface area contributed by atoms with E-state index in [4.69, 9.17) is 11.0 Å². The third-order valence-corrected chi connectivity index (χ3v) is 9.82. The molecule has 0 spiro atoms. The van der Waals surface area contributed by atoms with Crippen molar-refractivity contribution in [3.8, 4) is 23.0 Å². The van der Waals surface area contributed by atoms with Crippen LogP contribution in [0.3, 0.4) is 0 Å². The molecular formula is C36H25CrN7O14S2. The SMILES string of the molecule is Nc1ccc2cc(SOOO)c(N=Nc3cc([N+](=O)[O-])ccc3O)c(O)c2c1.O=[N+]([O-])c1ccc2c(N=Nc3c(O)ccc4ccccc34)c(O)cc(S(=O)(=O)O)c2c1.[Cr]. The van der Waals surface area contributed by atoms with Crippen LogP contribution < -0.4 is 5.73 Å². The minimum Gasteiger partial charge on any atom is -0.506 e. The fourth-order valence-electron chi connectivity index (χ4n) is 5.61. The Labute approximate surface area is 350 Å². The van der Waals surface area contributed by atoms with Gasteiger partial charge in [-0.3, -0.25) is 24.8 Å². The van der Waals surface area contributed by atoms with E-state index >= 15 is 0 Å². The summed E-state index contributed by atoms with van der Waals surface area (Å²) in [6.45, 7) is 0. The topological polar surface area (TPSA) is 336 Å². The van der Waals surface area contributed by atoms with Crippen molar-refractivity contribution in [2.45, 2.75) is 9.79 Å². The van der Waals surface area contributed by atoms with Crippen molar-refractivity contribution >= 4 is 94.3 Å². The molecule has 0 amide bonds. The first-order valence-electron chi connectivity index (χ1n) is 16.2. The summed E-state index contributed by atoms with van der Waals surface area (Å²) in [7, 11) is -4.81. The number of benzene rings is 7. The van der Waals surface area contributed by atoms with Gasteiger partial charge in [-0.25, -0.2) is 5.26 Å². The first kappa shape index (κ1) is 44.1. The van der Waals surface area contributed by atoms with E-state index in [1.165, 1.54) is 18.2 Å². The summed E-state index contributed by atoms with van der Waals surface area (Å²) in [5.41, 5.74) is 5.08. The van der Waals surface area contributed by atoms with Gasteiger partial charge in [0.2, 0.25) is 0 Å². The fourth-order valence-corrected chi connectivity index (χ4v) is 6.81. The predicted octanol–water partition coefficient (Wildman–Crippen LogP) is 9.56. The van der Waals surface area contributed by atoms with E-state index in [0.717, 1.165) is 41.8 Å². The fraction of sp³-hybridized carbons (Fsp3) is 0. The number of rotatable bonds is 10. The Bertz CT molecular complexity index is 3010. The summed E-state index contributed by atoms with van der Waals surface area (Å²) in [6, 6.07) is 23.8. The molecule has 0 unspecified atom stereocenters. The average molecular weight is 896 g/mol. The van der Waals surface area contributed by atoms with Crippen LogP contribution in [0.5, 0.6) is 23.0 Å². The molecule has 60 heavy (non-hydrogen) atoms. The maximum Gasteiger partial charge on any atom is 0.295 e. The summed E-state index contributed by atoms with van der Waals surface area (Å²) in [4.78, 5) is 20.1. The molecule has 0 aliphatic rings. The molecule has 7 aromatic carbocycles. The minimum atomic E-state index is -4.81. The van der Waals surface area contributed by atoms with Crippen LogP contribution in [-0.4, -0.2) is 48.5 Å². The Morgan fingerprint density at radius 3 is 1.93 bits per heavy atom. The number of nitrogen functional groups attached to an aromatic ring is 1. The van der Waals surface area contributed by atoms with E-state index in [0.29, 0.717) is 33.9 Å². The molecule has 0 aromatic heterocycles. The van der Waals surface area contributed by atoms with Crippen LogP contribution in [0.4, 0.5) is 39.8 Å². The monoisotopic (exact) mass is 895 g/mol. The molecule has 7 aromatic rings. The van der Waals surface area contributed by atoms with E-state index in [-0.39, 0.29) is 78.7 Å². The number of non-ortho nitro benzene ring substituents is 2. The maximum absolute atomic E-state index is 11.7. The van der Waals surface area contributed by atoms with Crippen LogP contribution >= 0.6 is 12.0 Å². The van der Waals surface area contributed by atoms with Crippen molar-refractivity contribution < 1.29 is 75.2 Å². The number of nitro groups is 2. The van der Waals surface area contributed by atoms with Gasteiger partial charge in [0.15, 0.2) is 5.75 Å². The van der Waals surface area contributed by atoms with Gasteiger partial charge in [-0.15, -0.1) is 24.8 Å². The molecule has 0 aliphatic carbocycles. The number of nitrogens with two attached hydrogens (primary N) is 1. The Kier molecular flexibility index (Phi) is 13.4. The Balaban J connectivity index is 0.000000225. The smallest absolute Gasteiger partial charge is 0.295 e. The molecule has 0 heterocycles. The van der Waals surface area contributed by atoms with E-state index in [1.54, 1.807) is 48.5 Å². The molecule has 0 radical (unpaired) electrons. The number of nitrogens with zero attached hydrogens (tertiary/aromatic N) is 6. The van der Waals surface area contributed by atoms with Crippen molar-refractivity contribution in [1.82, 2.24) is 0 Å². The summed E-state index contributed by atoms with van der Waals surface area (Å²) >= 11 is 0.540. The number of aromatic hydroxyl groups is 4. The van der Waals surface area contributed by atoms with Gasteiger partial charge in [0.1, 0.15) is 44.9 Å². The Morgan fingerprint density at radius 2 is 1.25 bits per heavy atom. The third kappa shape index (κ3) is 9.47. The van der Waals surface area contributed by atoms with Gasteiger partial charge in [0, 0.05) is 74.9 Å². The van der Waals surface area contributed by atoms with E-state index in [9.17, 15) is 53.6 Å². The number of phenolic OH excluding ortho intramolecular Hbond substituents is 4. The zero-order valence-electron chi connectivity index (χ0n) is 29.7. The number of fused-ring (bicyclic) bond motifs is 3. The van der Waals surface area contributed by atoms with Gasteiger partial charge in [-0.05, 0) is 47.2 Å². The number of anilines is 1. The summed E-state index contributed by atoms with van der Waals surface area (Å²) in [5, 5.41) is 92.8. The molecule has 24 heteroatoms. The summed E-state index contributed by atoms with van der Waals surface area (Å²) < 4.78 is 37.4. The standard InChI is InChI=1S/C20H13N3O7S.C16H12N4O7S.Cr/c24-16-8-5-11-3-1-2-4-13(11)19(16)21-22-20-14-7-6-12(23(26)27)9-15(14)18(10-17(20)25)31(28,29)30;17-9-2-1-8-5-14(28-27-26-25)15(16(22)11(8)6-9)19-18-12-7-10(20(23)24)3-4-13(12)21;/h1-10,24-25H,(H,28,29,30);1-7,21-22,25H,17H2;. The summed E-state index contributed by atoms with van der Waals surface area (Å²) in [6.07, 6.45) is 0. The van der Waals surface area contributed by atoms with Crippen molar-refractivity contribution in [2.24, 2.45) is 20.5 Å². The van der Waals surface area contributed by atoms with Crippen molar-refractivity contribution in [3.63, 3.8) is 0 Å². The predicted molar refractivity (Wildman–Crippen MR) is 211 cm³/mol. The maximum atomic E-state index is 11.7. The number of hydrogen-bond acceptors (Lipinski definition) is 19. The molecule has 306 valence electrons. The largest absolute Gasteiger partial charge is 0.506 e. The van der Waals surface area contributed by atoms with Crippen molar-refractivity contribution in [2.75, 3.05) is 5.73 Å². The second-order valence-electron chi connectivity index (χ2n) is 12.0. The molecule has 7 rings (SSSR count). The van der Waals surface area contributed by atoms with Gasteiger partial charge in [0.05, 0.1) is 26.8 Å². The van der Waals surface area contributed by atoms with Crippen molar-refractivity contribution in [3.05, 3.63) is 123 Å². The quantitative estimate of drug-likeness (QED) is 0.0128. The van der Waals surface area contributed by atoms with E-state index < -0.39 is 36.3 Å². The first-order chi connectivity index (χ1) is 28.1. The van der Waals surface area contributed by atoms with Crippen molar-refractivity contribution in [1.29, 1.82) is 0 Å². The van der Waals surface area contributed by atoms with Crippen LogP contribution in [-0.2, 0) is 36.9 Å². The van der Waals surface area contributed by atoms with E-state index in [1.807, 2.05) is 0 Å². The van der Waals surface area contributed by atoms with Crippen LogP contribution in [0.15, 0.2) is 133 Å². The molecule has 0 atom stereocenters. The summed E-state index contributed by atoms with van der Waals surface area (Å²) in [5.74, 6) is -1.44. The molecule has 0 bridgehead atoms. The second-order valence-corrected chi connectivity index (χ2v) is 14.1. The molecule has 8 N–H and O–H groups in total. The van der Waals surface area contributed by atoms with Crippen LogP contribution in [0.25, 0.3) is 32.3 Å². The number of hydrogen-bond donors (Lipinski definition) is 7. The first-order valence-corrected chi connectivity index (χ1v) is 18.4. The molecule has 0 saturated heterocycles. The van der Waals surface area contributed by atoms with Crippen LogP contribution in [0.2, 0.25) is 0 Å². The van der Waals surface area contributed by atoms with E-state index in [2.05, 4.69) is 29.8 Å². The van der Waals surface area contributed by atoms with Crippen LogP contribution in [0, 0.1) is 20.2 Å². The number of phenols is 4. The molecular weight excluding hydrogens is 871 g/mol. The molecule has 0 saturated carbocycles. The second kappa shape index (κ2) is 18.3. The normalized spacial score (nSPS) is 11.5. The van der Waals surface area contributed by atoms with Crippen LogP contribution in [0.1, 0.15) is 0 Å². The third-order valence-electron chi connectivity index (χ3n) is 8.31. The zero-order chi connectivity index (χ0) is 42.6. The molecule has 0 aliphatic heterocycles.